The van der Waals surface area contributed by atoms with E-state index in [2.05, 4.69) is 46.7 Å². The van der Waals surface area contributed by atoms with Gasteiger partial charge in [0.2, 0.25) is 0 Å². The molecule has 3 heterocycles. The van der Waals surface area contributed by atoms with E-state index >= 15 is 0 Å². The zero-order valence-corrected chi connectivity index (χ0v) is 20.5. The van der Waals surface area contributed by atoms with Gasteiger partial charge in [0.25, 0.3) is 5.56 Å². The number of benzene rings is 2. The molecule has 0 aliphatic carbocycles. The van der Waals surface area contributed by atoms with Crippen molar-refractivity contribution in [3.63, 3.8) is 0 Å². The second-order valence-corrected chi connectivity index (χ2v) is 9.28. The van der Waals surface area contributed by atoms with Gasteiger partial charge in [0, 0.05) is 31.7 Å². The van der Waals surface area contributed by atoms with Gasteiger partial charge in [0.1, 0.15) is 11.2 Å². The average Bonchev–Trinajstić information content (AvgIpc) is 3.24. The highest BCUT2D eigenvalue weighted by Crippen LogP contribution is 2.26. The molecule has 0 fully saturated rings. The Balaban J connectivity index is 1.64. The third kappa shape index (κ3) is 4.45. The Morgan fingerprint density at radius 2 is 1.56 bits per heavy atom. The SMILES string of the molecule is CC(C)Cn1c(=O)n(C)c(=O)c2c(Nc3ccncc3)n(Cc3ccc(-c4ccccc4)cc3)nc21. The number of nitrogens with zero attached hydrogens (tertiary/aromatic N) is 5. The third-order valence-corrected chi connectivity index (χ3v) is 6.11. The van der Waals surface area contributed by atoms with E-state index in [-0.39, 0.29) is 17.2 Å². The quantitative estimate of drug-likeness (QED) is 0.373. The molecule has 0 spiro atoms. The highest BCUT2D eigenvalue weighted by molar-refractivity contribution is 5.89. The Bertz CT molecular complexity index is 1620. The van der Waals surface area contributed by atoms with Crippen LogP contribution in [0.3, 0.4) is 0 Å². The molecule has 0 atom stereocenters. The maximum absolute atomic E-state index is 13.3. The summed E-state index contributed by atoms with van der Waals surface area (Å²) in [6.45, 7) is 4.95. The van der Waals surface area contributed by atoms with Crippen molar-refractivity contribution in [3.05, 3.63) is 106 Å². The first-order valence-corrected chi connectivity index (χ1v) is 11.9. The summed E-state index contributed by atoms with van der Waals surface area (Å²) in [4.78, 5) is 30.4. The van der Waals surface area contributed by atoms with Gasteiger partial charge in [-0.05, 0) is 34.7 Å². The van der Waals surface area contributed by atoms with Crippen molar-refractivity contribution in [2.24, 2.45) is 13.0 Å². The van der Waals surface area contributed by atoms with Gasteiger partial charge < -0.3 is 5.32 Å². The summed E-state index contributed by atoms with van der Waals surface area (Å²) in [5.41, 5.74) is 3.71. The number of anilines is 2. The van der Waals surface area contributed by atoms with Gasteiger partial charge in [0.15, 0.2) is 5.65 Å². The molecule has 3 aromatic heterocycles. The van der Waals surface area contributed by atoms with Crippen LogP contribution >= 0.6 is 0 Å². The van der Waals surface area contributed by atoms with E-state index in [4.69, 9.17) is 5.10 Å². The highest BCUT2D eigenvalue weighted by Gasteiger charge is 2.22. The van der Waals surface area contributed by atoms with Crippen LogP contribution in [0, 0.1) is 5.92 Å². The molecule has 0 bridgehead atoms. The van der Waals surface area contributed by atoms with Gasteiger partial charge >= 0.3 is 5.69 Å². The molecule has 1 N–H and O–H groups in total. The van der Waals surface area contributed by atoms with Crippen LogP contribution in [0.2, 0.25) is 0 Å². The number of aromatic nitrogens is 5. The number of hydrogen-bond donors (Lipinski definition) is 1. The zero-order valence-electron chi connectivity index (χ0n) is 20.5. The topological polar surface area (TPSA) is 86.7 Å². The Labute approximate surface area is 208 Å². The van der Waals surface area contributed by atoms with Gasteiger partial charge in [0.05, 0.1) is 6.54 Å². The van der Waals surface area contributed by atoms with Crippen LogP contribution in [0.1, 0.15) is 19.4 Å². The second-order valence-electron chi connectivity index (χ2n) is 9.28. The number of hydrogen-bond acceptors (Lipinski definition) is 5. The van der Waals surface area contributed by atoms with E-state index in [1.807, 2.05) is 44.2 Å². The third-order valence-electron chi connectivity index (χ3n) is 6.11. The maximum atomic E-state index is 13.3. The van der Waals surface area contributed by atoms with Crippen molar-refractivity contribution in [2.45, 2.75) is 26.9 Å². The minimum Gasteiger partial charge on any atom is -0.340 e. The summed E-state index contributed by atoms with van der Waals surface area (Å²) in [5.74, 6) is 0.747. The molecular weight excluding hydrogens is 452 g/mol. The Morgan fingerprint density at radius 1 is 0.889 bits per heavy atom. The molecular formula is C28H28N6O2. The Kier molecular flexibility index (Phi) is 6.25. The largest absolute Gasteiger partial charge is 0.340 e. The fourth-order valence-corrected chi connectivity index (χ4v) is 4.31. The van der Waals surface area contributed by atoms with Crippen molar-refractivity contribution >= 4 is 22.5 Å². The summed E-state index contributed by atoms with van der Waals surface area (Å²) in [7, 11) is 1.51. The molecule has 182 valence electrons. The molecule has 5 rings (SSSR count). The normalized spacial score (nSPS) is 11.3. The Hall–Kier alpha value is -4.46. The first-order valence-electron chi connectivity index (χ1n) is 11.9. The second kappa shape index (κ2) is 9.65. The monoisotopic (exact) mass is 480 g/mol. The molecule has 8 nitrogen and oxygen atoms in total. The van der Waals surface area contributed by atoms with E-state index in [0.717, 1.165) is 26.9 Å². The van der Waals surface area contributed by atoms with Gasteiger partial charge in [-0.2, -0.15) is 5.10 Å². The van der Waals surface area contributed by atoms with Crippen molar-refractivity contribution in [3.8, 4) is 11.1 Å². The van der Waals surface area contributed by atoms with Crippen molar-refractivity contribution in [1.29, 1.82) is 0 Å². The predicted octanol–water partition coefficient (Wildman–Crippen LogP) is 4.41. The molecule has 0 unspecified atom stereocenters. The van der Waals surface area contributed by atoms with Gasteiger partial charge in [-0.1, -0.05) is 68.4 Å². The maximum Gasteiger partial charge on any atom is 0.332 e. The summed E-state index contributed by atoms with van der Waals surface area (Å²) in [6.07, 6.45) is 3.36. The van der Waals surface area contributed by atoms with Crippen LogP contribution in [0.15, 0.2) is 88.7 Å². The van der Waals surface area contributed by atoms with E-state index in [1.165, 1.54) is 7.05 Å². The average molecular weight is 481 g/mol. The molecule has 0 saturated carbocycles. The first kappa shape index (κ1) is 23.3. The number of pyridine rings is 1. The van der Waals surface area contributed by atoms with Crippen molar-refractivity contribution in [2.75, 3.05) is 5.32 Å². The van der Waals surface area contributed by atoms with Crippen LogP contribution in [-0.4, -0.2) is 23.9 Å². The lowest BCUT2D eigenvalue weighted by Crippen LogP contribution is -2.38. The predicted molar refractivity (Wildman–Crippen MR) is 143 cm³/mol. The summed E-state index contributed by atoms with van der Waals surface area (Å²) in [6, 6.07) is 22.1. The summed E-state index contributed by atoms with van der Waals surface area (Å²) in [5, 5.41) is 8.53. The van der Waals surface area contributed by atoms with Crippen molar-refractivity contribution < 1.29 is 0 Å². The molecule has 2 aromatic carbocycles. The minimum absolute atomic E-state index is 0.204. The van der Waals surface area contributed by atoms with Gasteiger partial charge in [-0.3, -0.25) is 18.9 Å². The van der Waals surface area contributed by atoms with Crippen LogP contribution in [-0.2, 0) is 20.1 Å². The molecule has 0 amide bonds. The zero-order chi connectivity index (χ0) is 25.2. The van der Waals surface area contributed by atoms with E-state index in [0.29, 0.717) is 29.9 Å². The molecule has 5 aromatic rings. The molecule has 0 aliphatic rings. The van der Waals surface area contributed by atoms with E-state index < -0.39 is 0 Å². The lowest BCUT2D eigenvalue weighted by molar-refractivity contribution is 0.498. The number of rotatable bonds is 7. The van der Waals surface area contributed by atoms with Crippen LogP contribution in [0.4, 0.5) is 11.5 Å². The molecule has 0 radical (unpaired) electrons. The molecule has 0 saturated heterocycles. The van der Waals surface area contributed by atoms with Crippen molar-refractivity contribution in [1.82, 2.24) is 23.9 Å². The number of fused-ring (bicyclic) bond motifs is 1. The molecule has 0 aliphatic heterocycles. The molecule has 36 heavy (non-hydrogen) atoms. The highest BCUT2D eigenvalue weighted by atomic mass is 16.2. The van der Waals surface area contributed by atoms with Gasteiger partial charge in [-0.15, -0.1) is 0 Å². The summed E-state index contributed by atoms with van der Waals surface area (Å²) < 4.78 is 4.51. The fourth-order valence-electron chi connectivity index (χ4n) is 4.31. The first-order chi connectivity index (χ1) is 17.4. The van der Waals surface area contributed by atoms with Crippen LogP contribution < -0.4 is 16.6 Å². The lowest BCUT2D eigenvalue weighted by Gasteiger charge is -2.12. The Morgan fingerprint density at radius 3 is 2.22 bits per heavy atom. The van der Waals surface area contributed by atoms with Crippen LogP contribution in [0.25, 0.3) is 22.2 Å². The van der Waals surface area contributed by atoms with Crippen LogP contribution in [0.5, 0.6) is 0 Å². The fraction of sp³-hybridized carbons (Fsp3) is 0.214. The van der Waals surface area contributed by atoms with E-state index in [9.17, 15) is 9.59 Å². The van der Waals surface area contributed by atoms with Gasteiger partial charge in [-0.25, -0.2) is 9.48 Å². The minimum atomic E-state index is -0.378. The smallest absolute Gasteiger partial charge is 0.332 e. The van der Waals surface area contributed by atoms with E-state index in [1.54, 1.807) is 21.6 Å². The summed E-state index contributed by atoms with van der Waals surface area (Å²) >= 11 is 0. The number of nitrogens with one attached hydrogen (secondary N) is 1. The molecule has 8 heteroatoms. The lowest BCUT2D eigenvalue weighted by atomic mass is 10.0. The standard InChI is InChI=1S/C28H28N6O2/c1-19(2)17-33-26-24(27(35)32(3)28(33)36)25(30-23-13-15-29-16-14-23)34(31-26)18-20-9-11-22(12-10-20)21-7-5-4-6-8-21/h4-16,19H,17-18H2,1-3H3,(H,29,30).